The van der Waals surface area contributed by atoms with E-state index in [1.165, 1.54) is 176 Å². The largest absolute Gasteiger partial charge is 0.0654 e. The Hall–Kier alpha value is -5.98. The van der Waals surface area contributed by atoms with Gasteiger partial charge < -0.3 is 0 Å². The van der Waals surface area contributed by atoms with Gasteiger partial charge in [0.25, 0.3) is 0 Å². The van der Waals surface area contributed by atoms with Crippen molar-refractivity contribution in [2.45, 2.75) is 104 Å². The second-order valence-electron chi connectivity index (χ2n) is 17.8. The fraction of sp³-hybridized carbons (Fsp3) is 0.258. The standard InChI is InChI=1S/C62H62/c1-3-5-7-9-11-15-25-47-27-33-49(34-28-47)53-41-57-58(42-54(53)50-35-29-48(30-36-50)26-16-12-10-8-6-4-2)62-44-60-56-40-52(38-32-46-23-19-14-20-24-46)51(37-31-45-21-17-13-18-22-45)39-55(56)59(60)43-61(57)62/h13-14,17-24,27-44H,3-12,15-16,25-26H2,1-2H3/b37-31+,38-32+. The van der Waals surface area contributed by atoms with Crippen molar-refractivity contribution in [3.63, 3.8) is 0 Å². The minimum absolute atomic E-state index is 1.16. The summed E-state index contributed by atoms with van der Waals surface area (Å²) in [6, 6.07) is 55.1. The molecule has 0 saturated carbocycles. The molecular weight excluding hydrogens is 745 g/mol. The van der Waals surface area contributed by atoms with Crippen LogP contribution >= 0.6 is 0 Å². The molecule has 0 fully saturated rings. The van der Waals surface area contributed by atoms with Crippen molar-refractivity contribution in [3.05, 3.63) is 179 Å². The number of fused-ring (bicyclic) bond motifs is 8. The first-order chi connectivity index (χ1) is 30.7. The van der Waals surface area contributed by atoms with Crippen LogP contribution in [0.4, 0.5) is 0 Å². The highest BCUT2D eigenvalue weighted by Gasteiger charge is 2.20. The predicted octanol–water partition coefficient (Wildman–Crippen LogP) is 18.7. The third-order valence-corrected chi connectivity index (χ3v) is 13.4. The summed E-state index contributed by atoms with van der Waals surface area (Å²) in [5, 5.41) is 10.9. The summed E-state index contributed by atoms with van der Waals surface area (Å²) in [6.45, 7) is 4.59. The first-order valence-electron chi connectivity index (χ1n) is 23.9. The average molecular weight is 807 g/mol. The molecule has 9 rings (SSSR count). The lowest BCUT2D eigenvalue weighted by Crippen LogP contribution is -1.95. The Morgan fingerprint density at radius 1 is 0.306 bits per heavy atom. The van der Waals surface area contributed by atoms with Crippen LogP contribution in [0.1, 0.15) is 124 Å². The van der Waals surface area contributed by atoms with E-state index in [1.807, 2.05) is 0 Å². The lowest BCUT2D eigenvalue weighted by molar-refractivity contribution is 0.607. The van der Waals surface area contributed by atoms with Crippen molar-refractivity contribution in [1.29, 1.82) is 0 Å². The van der Waals surface area contributed by atoms with E-state index in [1.54, 1.807) is 0 Å². The summed E-state index contributed by atoms with van der Waals surface area (Å²) in [6.07, 6.45) is 27.4. The molecular formula is C62H62. The summed E-state index contributed by atoms with van der Waals surface area (Å²) >= 11 is 0. The van der Waals surface area contributed by atoms with E-state index in [2.05, 4.69) is 184 Å². The molecule has 0 aliphatic heterocycles. The lowest BCUT2D eigenvalue weighted by Gasteiger charge is -2.21. The molecule has 0 spiro atoms. The molecule has 0 aromatic heterocycles. The first-order valence-corrected chi connectivity index (χ1v) is 23.9. The molecule has 0 saturated heterocycles. The minimum Gasteiger partial charge on any atom is -0.0654 e. The zero-order valence-electron chi connectivity index (χ0n) is 37.1. The molecule has 0 heterocycles. The smallest absolute Gasteiger partial charge is 0.00921 e. The van der Waals surface area contributed by atoms with E-state index in [0.717, 1.165) is 12.8 Å². The van der Waals surface area contributed by atoms with Crippen LogP contribution in [0.25, 0.3) is 89.6 Å². The third kappa shape index (κ3) is 9.27. The molecule has 62 heavy (non-hydrogen) atoms. The summed E-state index contributed by atoms with van der Waals surface area (Å²) in [7, 11) is 0. The molecule has 0 nitrogen and oxygen atoms in total. The first kappa shape index (κ1) is 41.4. The molecule has 9 aromatic carbocycles. The molecule has 9 aromatic rings. The Morgan fingerprint density at radius 3 is 1.03 bits per heavy atom. The maximum Gasteiger partial charge on any atom is -0.00921 e. The topological polar surface area (TPSA) is 0 Å². The minimum atomic E-state index is 1.16. The van der Waals surface area contributed by atoms with Crippen LogP contribution in [-0.4, -0.2) is 0 Å². The van der Waals surface area contributed by atoms with Crippen LogP contribution in [0, 0.1) is 0 Å². The third-order valence-electron chi connectivity index (χ3n) is 13.4. The van der Waals surface area contributed by atoms with Crippen molar-refractivity contribution in [1.82, 2.24) is 0 Å². The molecule has 0 aliphatic carbocycles. The van der Waals surface area contributed by atoms with Crippen molar-refractivity contribution < 1.29 is 0 Å². The fourth-order valence-electron chi connectivity index (χ4n) is 9.68. The summed E-state index contributed by atoms with van der Waals surface area (Å²) in [5.74, 6) is 0. The van der Waals surface area contributed by atoms with Gasteiger partial charge in [-0.25, -0.2) is 0 Å². The molecule has 0 unspecified atom stereocenters. The zero-order valence-corrected chi connectivity index (χ0v) is 37.1. The average Bonchev–Trinajstić information content (AvgIpc) is 3.31. The van der Waals surface area contributed by atoms with Crippen LogP contribution < -0.4 is 0 Å². The molecule has 0 bridgehead atoms. The highest BCUT2D eigenvalue weighted by molar-refractivity contribution is 6.35. The molecule has 0 aliphatic rings. The number of aryl methyl sites for hydroxylation is 2. The van der Waals surface area contributed by atoms with Gasteiger partial charge in [0.1, 0.15) is 0 Å². The Balaban J connectivity index is 1.07. The van der Waals surface area contributed by atoms with Gasteiger partial charge >= 0.3 is 0 Å². The fourth-order valence-corrected chi connectivity index (χ4v) is 9.68. The highest BCUT2D eigenvalue weighted by Crippen LogP contribution is 2.48. The van der Waals surface area contributed by atoms with E-state index in [0.29, 0.717) is 0 Å². The second kappa shape index (κ2) is 19.8. The van der Waals surface area contributed by atoms with Gasteiger partial charge in [-0.05, 0) is 161 Å². The van der Waals surface area contributed by atoms with Crippen molar-refractivity contribution in [2.75, 3.05) is 0 Å². The quantitative estimate of drug-likeness (QED) is 0.0532. The molecule has 0 radical (unpaired) electrons. The Morgan fingerprint density at radius 2 is 0.645 bits per heavy atom. The Bertz CT molecular complexity index is 2670. The molecule has 0 amide bonds. The number of benzene rings is 7. The predicted molar refractivity (Wildman–Crippen MR) is 275 cm³/mol. The second-order valence-corrected chi connectivity index (χ2v) is 17.8. The normalized spacial score (nSPS) is 12.2. The number of rotatable bonds is 20. The molecule has 0 atom stereocenters. The maximum atomic E-state index is 2.50. The lowest BCUT2D eigenvalue weighted by atomic mass is 9.82. The zero-order chi connectivity index (χ0) is 42.1. The van der Waals surface area contributed by atoms with Crippen LogP contribution in [0.5, 0.6) is 0 Å². The van der Waals surface area contributed by atoms with Gasteiger partial charge in [0.15, 0.2) is 0 Å². The van der Waals surface area contributed by atoms with Gasteiger partial charge in [0.2, 0.25) is 0 Å². The molecule has 310 valence electrons. The van der Waals surface area contributed by atoms with E-state index in [9.17, 15) is 0 Å². The van der Waals surface area contributed by atoms with Gasteiger partial charge in [-0.1, -0.05) is 212 Å². The number of hydrogen-bond acceptors (Lipinski definition) is 0. The van der Waals surface area contributed by atoms with Crippen LogP contribution in [0.15, 0.2) is 146 Å². The van der Waals surface area contributed by atoms with Gasteiger partial charge in [0.05, 0.1) is 0 Å². The van der Waals surface area contributed by atoms with Gasteiger partial charge in [0, 0.05) is 0 Å². The van der Waals surface area contributed by atoms with Gasteiger partial charge in [-0.3, -0.25) is 0 Å². The number of hydrogen-bond donors (Lipinski definition) is 0. The Labute approximate surface area is 370 Å². The van der Waals surface area contributed by atoms with Crippen molar-refractivity contribution >= 4 is 67.4 Å². The SMILES string of the molecule is CCCCCCCCc1ccc(-c2cc3c(cc2-c2ccc(CCCCCCCC)cc2)c2cc4c5cc(/C=C/c6ccccc6)c(/C=C/c6ccccc6)cc5c4cc32)cc1. The van der Waals surface area contributed by atoms with E-state index < -0.39 is 0 Å². The highest BCUT2D eigenvalue weighted by atomic mass is 14.2. The molecule has 0 N–H and O–H groups in total. The molecule has 0 heteroatoms. The maximum absolute atomic E-state index is 2.50. The van der Waals surface area contributed by atoms with Crippen molar-refractivity contribution in [2.24, 2.45) is 0 Å². The van der Waals surface area contributed by atoms with E-state index in [-0.39, 0.29) is 0 Å². The van der Waals surface area contributed by atoms with Crippen LogP contribution in [0.3, 0.4) is 0 Å². The monoisotopic (exact) mass is 806 g/mol. The van der Waals surface area contributed by atoms with Crippen LogP contribution in [-0.2, 0) is 12.8 Å². The van der Waals surface area contributed by atoms with Crippen LogP contribution in [0.2, 0.25) is 0 Å². The number of unbranched alkanes of at least 4 members (excludes halogenated alkanes) is 10. The van der Waals surface area contributed by atoms with Gasteiger partial charge in [-0.15, -0.1) is 0 Å². The van der Waals surface area contributed by atoms with E-state index >= 15 is 0 Å². The van der Waals surface area contributed by atoms with Crippen molar-refractivity contribution in [3.8, 4) is 22.3 Å². The Kier molecular flexibility index (Phi) is 13.2. The summed E-state index contributed by atoms with van der Waals surface area (Å²) in [5.41, 5.74) is 13.1. The van der Waals surface area contributed by atoms with E-state index in [4.69, 9.17) is 0 Å². The summed E-state index contributed by atoms with van der Waals surface area (Å²) < 4.78 is 0. The van der Waals surface area contributed by atoms with Gasteiger partial charge in [-0.2, -0.15) is 0 Å². The summed E-state index contributed by atoms with van der Waals surface area (Å²) in [4.78, 5) is 0.